The number of nitrogens with zero attached hydrogens (tertiary/aromatic N) is 2. The SMILES string of the molecule is Cc1cccc2c(C(=O)[C@@H]3CSC(c4cccnc4)N3C(=O)OC(C)(C)C)c[nH]c12. The molecular weight excluding hydrogens is 398 g/mol. The Kier molecular flexibility index (Phi) is 5.32. The van der Waals surface area contributed by atoms with Gasteiger partial charge in [-0.25, -0.2) is 4.79 Å². The van der Waals surface area contributed by atoms with Gasteiger partial charge in [0.25, 0.3) is 0 Å². The van der Waals surface area contributed by atoms with E-state index >= 15 is 0 Å². The number of nitrogens with one attached hydrogen (secondary N) is 1. The highest BCUT2D eigenvalue weighted by Crippen LogP contribution is 2.43. The lowest BCUT2D eigenvalue weighted by Crippen LogP contribution is -2.45. The van der Waals surface area contributed by atoms with E-state index in [9.17, 15) is 9.59 Å². The summed E-state index contributed by atoms with van der Waals surface area (Å²) >= 11 is 1.55. The average Bonchev–Trinajstić information content (AvgIpc) is 3.32. The lowest BCUT2D eigenvalue weighted by Gasteiger charge is -2.31. The van der Waals surface area contributed by atoms with Crippen LogP contribution in [0.1, 0.15) is 47.6 Å². The lowest BCUT2D eigenvalue weighted by molar-refractivity contribution is 0.0173. The molecular formula is C23H25N3O3S. The van der Waals surface area contributed by atoms with Crippen molar-refractivity contribution in [3.05, 3.63) is 65.6 Å². The van der Waals surface area contributed by atoms with E-state index < -0.39 is 17.7 Å². The third-order valence-electron chi connectivity index (χ3n) is 5.07. The Morgan fingerprint density at radius 3 is 2.73 bits per heavy atom. The number of carbonyl (C=O) groups is 2. The minimum Gasteiger partial charge on any atom is -0.444 e. The highest BCUT2D eigenvalue weighted by atomic mass is 32.2. The largest absolute Gasteiger partial charge is 0.444 e. The molecule has 0 saturated carbocycles. The van der Waals surface area contributed by atoms with Gasteiger partial charge in [-0.05, 0) is 39.3 Å². The van der Waals surface area contributed by atoms with Crippen LogP contribution in [0, 0.1) is 6.92 Å². The molecule has 1 aliphatic heterocycles. The van der Waals surface area contributed by atoms with Crippen LogP contribution >= 0.6 is 11.8 Å². The van der Waals surface area contributed by atoms with Gasteiger partial charge in [-0.3, -0.25) is 14.7 Å². The molecule has 1 N–H and O–H groups in total. The second-order valence-electron chi connectivity index (χ2n) is 8.44. The molecule has 3 heterocycles. The van der Waals surface area contributed by atoms with Gasteiger partial charge >= 0.3 is 6.09 Å². The fourth-order valence-electron chi connectivity index (χ4n) is 3.71. The van der Waals surface area contributed by atoms with E-state index in [-0.39, 0.29) is 11.2 Å². The first-order chi connectivity index (χ1) is 14.3. The maximum absolute atomic E-state index is 13.6. The Morgan fingerprint density at radius 2 is 2.03 bits per heavy atom. The number of pyridine rings is 1. The van der Waals surface area contributed by atoms with Crippen molar-refractivity contribution in [1.29, 1.82) is 0 Å². The molecule has 0 spiro atoms. The molecule has 7 heteroatoms. The fourth-order valence-corrected chi connectivity index (χ4v) is 5.12. The third-order valence-corrected chi connectivity index (χ3v) is 6.39. The van der Waals surface area contributed by atoms with Crippen LogP contribution in [0.2, 0.25) is 0 Å². The Hall–Kier alpha value is -2.80. The van der Waals surface area contributed by atoms with E-state index in [0.29, 0.717) is 11.3 Å². The van der Waals surface area contributed by atoms with Crippen molar-refractivity contribution in [2.24, 2.45) is 0 Å². The summed E-state index contributed by atoms with van der Waals surface area (Å²) in [6, 6.07) is 9.02. The Bertz CT molecular complexity index is 1090. The minimum absolute atomic E-state index is 0.0865. The van der Waals surface area contributed by atoms with Crippen molar-refractivity contribution in [3.8, 4) is 0 Å². The average molecular weight is 424 g/mol. The van der Waals surface area contributed by atoms with Crippen molar-refractivity contribution in [2.45, 2.75) is 44.7 Å². The van der Waals surface area contributed by atoms with Gasteiger partial charge < -0.3 is 9.72 Å². The van der Waals surface area contributed by atoms with Crippen LogP contribution in [-0.4, -0.2) is 44.1 Å². The summed E-state index contributed by atoms with van der Waals surface area (Å²) in [5.74, 6) is 0.410. The normalized spacial score (nSPS) is 19.3. The first-order valence-electron chi connectivity index (χ1n) is 9.90. The molecule has 1 unspecified atom stereocenters. The number of H-pyrrole nitrogens is 1. The van der Waals surface area contributed by atoms with E-state index in [1.54, 1.807) is 35.3 Å². The van der Waals surface area contributed by atoms with Gasteiger partial charge in [0.2, 0.25) is 0 Å². The zero-order valence-electron chi connectivity index (χ0n) is 17.5. The number of amides is 1. The molecule has 0 bridgehead atoms. The van der Waals surface area contributed by atoms with Gasteiger partial charge in [-0.2, -0.15) is 0 Å². The van der Waals surface area contributed by atoms with Gasteiger partial charge in [0.1, 0.15) is 17.0 Å². The number of ether oxygens (including phenoxy) is 1. The highest BCUT2D eigenvalue weighted by molar-refractivity contribution is 7.99. The second kappa shape index (κ2) is 7.80. The summed E-state index contributed by atoms with van der Waals surface area (Å²) in [7, 11) is 0. The Balaban J connectivity index is 1.72. The third kappa shape index (κ3) is 3.81. The maximum atomic E-state index is 13.6. The van der Waals surface area contributed by atoms with Gasteiger partial charge in [0.05, 0.1) is 0 Å². The molecule has 0 aliphatic carbocycles. The fraction of sp³-hybridized carbons (Fsp3) is 0.348. The van der Waals surface area contributed by atoms with Gasteiger partial charge in [0.15, 0.2) is 5.78 Å². The quantitative estimate of drug-likeness (QED) is 0.593. The molecule has 4 rings (SSSR count). The molecule has 2 atom stereocenters. The number of aromatic amines is 1. The van der Waals surface area contributed by atoms with Crippen molar-refractivity contribution in [1.82, 2.24) is 14.9 Å². The van der Waals surface area contributed by atoms with E-state index in [1.807, 2.05) is 58.0 Å². The van der Waals surface area contributed by atoms with Crippen molar-refractivity contribution < 1.29 is 14.3 Å². The van der Waals surface area contributed by atoms with E-state index in [2.05, 4.69) is 9.97 Å². The number of carbonyl (C=O) groups excluding carboxylic acids is 2. The first kappa shape index (κ1) is 20.5. The van der Waals surface area contributed by atoms with E-state index in [4.69, 9.17) is 4.74 Å². The number of aromatic nitrogens is 2. The predicted molar refractivity (Wildman–Crippen MR) is 119 cm³/mol. The summed E-state index contributed by atoms with van der Waals surface area (Å²) in [5.41, 5.74) is 2.83. The number of para-hydroxylation sites is 1. The smallest absolute Gasteiger partial charge is 0.412 e. The van der Waals surface area contributed by atoms with Crippen LogP contribution < -0.4 is 0 Å². The summed E-state index contributed by atoms with van der Waals surface area (Å²) in [4.78, 5) is 35.7. The summed E-state index contributed by atoms with van der Waals surface area (Å²) in [6.07, 6.45) is 4.68. The zero-order valence-corrected chi connectivity index (χ0v) is 18.3. The number of aryl methyl sites for hydroxylation is 1. The van der Waals surface area contributed by atoms with E-state index in [0.717, 1.165) is 22.0 Å². The molecule has 1 saturated heterocycles. The maximum Gasteiger partial charge on any atom is 0.412 e. The van der Waals surface area contributed by atoms with Crippen LogP contribution in [0.3, 0.4) is 0 Å². The predicted octanol–water partition coefficient (Wildman–Crippen LogP) is 5.11. The summed E-state index contributed by atoms with van der Waals surface area (Å²) in [6.45, 7) is 7.48. The zero-order chi connectivity index (χ0) is 21.5. The Morgan fingerprint density at radius 1 is 1.23 bits per heavy atom. The highest BCUT2D eigenvalue weighted by Gasteiger charge is 2.44. The molecule has 3 aromatic rings. The van der Waals surface area contributed by atoms with Gasteiger partial charge in [-0.1, -0.05) is 24.3 Å². The first-order valence-corrected chi connectivity index (χ1v) is 10.9. The molecule has 0 radical (unpaired) electrons. The molecule has 2 aromatic heterocycles. The molecule has 1 amide bonds. The number of fused-ring (bicyclic) bond motifs is 1. The number of Topliss-reactive ketones (excluding diaryl/α,β-unsaturated/α-hetero) is 1. The number of hydrogen-bond acceptors (Lipinski definition) is 5. The number of ketones is 1. The summed E-state index contributed by atoms with van der Waals surface area (Å²) in [5, 5.41) is 0.549. The van der Waals surface area contributed by atoms with Crippen LogP contribution in [0.5, 0.6) is 0 Å². The van der Waals surface area contributed by atoms with Crippen molar-refractivity contribution >= 4 is 34.5 Å². The number of rotatable bonds is 3. The van der Waals surface area contributed by atoms with Crippen LogP contribution in [-0.2, 0) is 4.74 Å². The van der Waals surface area contributed by atoms with E-state index in [1.165, 1.54) is 0 Å². The lowest BCUT2D eigenvalue weighted by atomic mass is 10.0. The summed E-state index contributed by atoms with van der Waals surface area (Å²) < 4.78 is 5.67. The number of benzene rings is 1. The minimum atomic E-state index is -0.657. The molecule has 156 valence electrons. The van der Waals surface area contributed by atoms with Crippen LogP contribution in [0.15, 0.2) is 48.9 Å². The van der Waals surface area contributed by atoms with Gasteiger partial charge in [-0.15, -0.1) is 11.8 Å². The molecule has 1 aliphatic rings. The second-order valence-corrected chi connectivity index (χ2v) is 9.55. The van der Waals surface area contributed by atoms with Crippen molar-refractivity contribution in [3.63, 3.8) is 0 Å². The number of hydrogen-bond donors (Lipinski definition) is 1. The van der Waals surface area contributed by atoms with Crippen LogP contribution in [0.4, 0.5) is 4.79 Å². The van der Waals surface area contributed by atoms with Gasteiger partial charge in [0, 0.05) is 46.4 Å². The topological polar surface area (TPSA) is 75.3 Å². The Labute approximate surface area is 180 Å². The molecule has 1 fully saturated rings. The number of thioether (sulfide) groups is 1. The monoisotopic (exact) mass is 423 g/mol. The molecule has 1 aromatic carbocycles. The standard InChI is InChI=1S/C23H25N3O3S/c1-14-7-5-9-16-17(12-25-19(14)16)20(27)18-13-30-21(15-8-6-10-24-11-15)26(18)22(28)29-23(2,3)4/h5-12,18,21,25H,13H2,1-4H3/t18-,21?/m0/s1. The molecule has 6 nitrogen and oxygen atoms in total. The van der Waals surface area contributed by atoms with Crippen molar-refractivity contribution in [2.75, 3.05) is 5.75 Å². The van der Waals surface area contributed by atoms with Crippen LogP contribution in [0.25, 0.3) is 10.9 Å². The molecule has 30 heavy (non-hydrogen) atoms.